The van der Waals surface area contributed by atoms with Crippen LogP contribution in [0.4, 0.5) is 14.6 Å². The number of benzene rings is 1. The van der Waals surface area contributed by atoms with Gasteiger partial charge in [-0.1, -0.05) is 6.07 Å². The number of morpholine rings is 1. The molecule has 3 atom stereocenters. The van der Waals surface area contributed by atoms with E-state index in [0.29, 0.717) is 24.6 Å². The third kappa shape index (κ3) is 3.67. The van der Waals surface area contributed by atoms with E-state index >= 15 is 0 Å². The minimum absolute atomic E-state index is 0.0271. The van der Waals surface area contributed by atoms with E-state index in [1.807, 2.05) is 13.8 Å². The molecule has 1 aliphatic heterocycles. The van der Waals surface area contributed by atoms with Crippen molar-refractivity contribution in [2.24, 2.45) is 0 Å². The van der Waals surface area contributed by atoms with Crippen LogP contribution in [-0.2, 0) is 4.74 Å². The zero-order valence-corrected chi connectivity index (χ0v) is 15.7. The number of H-pyrrole nitrogens is 1. The summed E-state index contributed by atoms with van der Waals surface area (Å²) < 4.78 is 35.0. The average Bonchev–Trinajstić information content (AvgIpc) is 3.12. The van der Waals surface area contributed by atoms with Crippen LogP contribution in [0.15, 0.2) is 30.7 Å². The number of fused-ring (bicyclic) bond motifs is 1. The van der Waals surface area contributed by atoms with Gasteiger partial charge >= 0.3 is 0 Å². The summed E-state index contributed by atoms with van der Waals surface area (Å²) in [4.78, 5) is 10.4. The molecule has 2 aromatic heterocycles. The molecule has 3 heterocycles. The highest BCUT2D eigenvalue weighted by Gasteiger charge is 2.32. The lowest BCUT2D eigenvalue weighted by molar-refractivity contribution is -0.0801. The molecule has 2 N–H and O–H groups in total. The number of halogens is 2. The highest BCUT2D eigenvalue weighted by molar-refractivity contribution is 5.85. The second kappa shape index (κ2) is 7.76. The summed E-state index contributed by atoms with van der Waals surface area (Å²) in [5.74, 6) is -0.556. The maximum atomic E-state index is 14.6. The van der Waals surface area contributed by atoms with Gasteiger partial charge in [0.2, 0.25) is 0 Å². The van der Waals surface area contributed by atoms with Gasteiger partial charge in [0.1, 0.15) is 23.8 Å². The molecule has 1 fully saturated rings. The Kier molecular flexibility index (Phi) is 5.19. The van der Waals surface area contributed by atoms with Gasteiger partial charge in [0.15, 0.2) is 5.65 Å². The lowest BCUT2D eigenvalue weighted by Gasteiger charge is -2.40. The van der Waals surface area contributed by atoms with Gasteiger partial charge in [-0.05, 0) is 26.0 Å². The van der Waals surface area contributed by atoms with E-state index in [1.165, 1.54) is 24.5 Å². The van der Waals surface area contributed by atoms with Gasteiger partial charge in [-0.3, -0.25) is 10.00 Å². The molecule has 0 aliphatic carbocycles. The highest BCUT2D eigenvalue weighted by Crippen LogP contribution is 2.30. The van der Waals surface area contributed by atoms with E-state index in [1.54, 1.807) is 6.20 Å². The number of rotatable bonds is 5. The Labute approximate surface area is 161 Å². The van der Waals surface area contributed by atoms with Gasteiger partial charge in [-0.15, -0.1) is 0 Å². The first kappa shape index (κ1) is 18.7. The fraction of sp³-hybridized carbons (Fsp3) is 0.421. The number of hydrogen-bond donors (Lipinski definition) is 2. The summed E-state index contributed by atoms with van der Waals surface area (Å²) in [5, 5.41) is 10.7. The van der Waals surface area contributed by atoms with Crippen molar-refractivity contribution in [2.75, 3.05) is 25.0 Å². The largest absolute Gasteiger partial charge is 0.373 e. The van der Waals surface area contributed by atoms with Crippen molar-refractivity contribution in [1.82, 2.24) is 25.1 Å². The fourth-order valence-corrected chi connectivity index (χ4v) is 3.81. The lowest BCUT2D eigenvalue weighted by Crippen LogP contribution is -2.48. The number of hydrogen-bond acceptors (Lipinski definition) is 6. The van der Waals surface area contributed by atoms with Gasteiger partial charge in [0.25, 0.3) is 0 Å². The quantitative estimate of drug-likeness (QED) is 0.700. The van der Waals surface area contributed by atoms with Gasteiger partial charge in [0, 0.05) is 25.2 Å². The Morgan fingerprint density at radius 3 is 2.64 bits per heavy atom. The smallest absolute Gasteiger partial charge is 0.160 e. The van der Waals surface area contributed by atoms with Crippen molar-refractivity contribution in [3.05, 3.63) is 47.9 Å². The standard InChI is InChI=1S/C19H22F2N6O/c1-11-8-27(9-12(2)28-11)16(17-14(20)4-3-5-15(17)21)7-22-18-13-6-25-26-19(13)24-10-23-18/h3-6,10-12,16H,7-9H2,1-2H3,(H2,22,23,24,25,26). The van der Waals surface area contributed by atoms with E-state index in [9.17, 15) is 8.78 Å². The molecule has 28 heavy (non-hydrogen) atoms. The molecule has 3 aromatic rings. The van der Waals surface area contributed by atoms with Gasteiger partial charge in [0.05, 0.1) is 29.8 Å². The van der Waals surface area contributed by atoms with Crippen LogP contribution in [0.1, 0.15) is 25.5 Å². The van der Waals surface area contributed by atoms with Crippen LogP contribution in [-0.4, -0.2) is 56.9 Å². The number of anilines is 1. The molecule has 4 rings (SSSR count). The zero-order chi connectivity index (χ0) is 19.7. The molecule has 0 radical (unpaired) electrons. The van der Waals surface area contributed by atoms with E-state index in [-0.39, 0.29) is 24.3 Å². The summed E-state index contributed by atoms with van der Waals surface area (Å²) in [5.41, 5.74) is 0.647. The summed E-state index contributed by atoms with van der Waals surface area (Å²) in [6.45, 7) is 5.36. The molecule has 0 bridgehead atoms. The SMILES string of the molecule is CC1CN(C(CNc2ncnc3[nH]ncc23)c2c(F)cccc2F)CC(C)O1. The van der Waals surface area contributed by atoms with Gasteiger partial charge in [-0.2, -0.15) is 5.10 Å². The van der Waals surface area contributed by atoms with E-state index in [4.69, 9.17) is 4.74 Å². The summed E-state index contributed by atoms with van der Waals surface area (Å²) in [6.07, 6.45) is 2.98. The Morgan fingerprint density at radius 1 is 1.21 bits per heavy atom. The van der Waals surface area contributed by atoms with Gasteiger partial charge < -0.3 is 10.1 Å². The Bertz CT molecular complexity index is 934. The van der Waals surface area contributed by atoms with Crippen LogP contribution < -0.4 is 5.32 Å². The van der Waals surface area contributed by atoms with Crippen molar-refractivity contribution in [1.29, 1.82) is 0 Å². The minimum Gasteiger partial charge on any atom is -0.373 e. The van der Waals surface area contributed by atoms with Crippen molar-refractivity contribution in [3.63, 3.8) is 0 Å². The second-order valence-electron chi connectivity index (χ2n) is 7.10. The maximum Gasteiger partial charge on any atom is 0.160 e. The lowest BCUT2D eigenvalue weighted by atomic mass is 10.0. The first-order chi connectivity index (χ1) is 13.5. The number of nitrogens with one attached hydrogen (secondary N) is 2. The normalized spacial score (nSPS) is 21.7. The number of aromatic nitrogens is 4. The van der Waals surface area contributed by atoms with E-state index in [0.717, 1.165) is 5.39 Å². The number of nitrogens with zero attached hydrogens (tertiary/aromatic N) is 4. The fourth-order valence-electron chi connectivity index (χ4n) is 3.81. The molecule has 148 valence electrons. The van der Waals surface area contributed by atoms with Crippen LogP contribution >= 0.6 is 0 Å². The van der Waals surface area contributed by atoms with Crippen LogP contribution in [0.3, 0.4) is 0 Å². The van der Waals surface area contributed by atoms with Gasteiger partial charge in [-0.25, -0.2) is 18.7 Å². The molecule has 9 heteroatoms. The predicted molar refractivity (Wildman–Crippen MR) is 101 cm³/mol. The van der Waals surface area contributed by atoms with Crippen LogP contribution in [0.2, 0.25) is 0 Å². The molecule has 1 saturated heterocycles. The second-order valence-corrected chi connectivity index (χ2v) is 7.10. The first-order valence-corrected chi connectivity index (χ1v) is 9.24. The number of aromatic amines is 1. The Hall–Kier alpha value is -2.65. The third-order valence-electron chi connectivity index (χ3n) is 4.93. The topological polar surface area (TPSA) is 79.0 Å². The Morgan fingerprint density at radius 2 is 1.93 bits per heavy atom. The van der Waals surface area contributed by atoms with Crippen LogP contribution in [0.5, 0.6) is 0 Å². The van der Waals surface area contributed by atoms with Crippen molar-refractivity contribution >= 4 is 16.9 Å². The zero-order valence-electron chi connectivity index (χ0n) is 15.7. The molecule has 0 spiro atoms. The first-order valence-electron chi connectivity index (χ1n) is 9.24. The summed E-state index contributed by atoms with van der Waals surface area (Å²) in [6, 6.07) is 3.43. The van der Waals surface area contributed by atoms with Crippen LogP contribution in [0, 0.1) is 11.6 Å². The van der Waals surface area contributed by atoms with Crippen molar-refractivity contribution in [2.45, 2.75) is 32.1 Å². The molecule has 7 nitrogen and oxygen atoms in total. The maximum absolute atomic E-state index is 14.6. The van der Waals surface area contributed by atoms with Crippen molar-refractivity contribution in [3.8, 4) is 0 Å². The minimum atomic E-state index is -0.560. The average molecular weight is 388 g/mol. The molecule has 0 amide bonds. The summed E-state index contributed by atoms with van der Waals surface area (Å²) >= 11 is 0. The van der Waals surface area contributed by atoms with Crippen LogP contribution in [0.25, 0.3) is 11.0 Å². The van der Waals surface area contributed by atoms with Crippen molar-refractivity contribution < 1.29 is 13.5 Å². The summed E-state index contributed by atoms with van der Waals surface area (Å²) in [7, 11) is 0. The predicted octanol–water partition coefficient (Wildman–Crippen LogP) is 2.89. The monoisotopic (exact) mass is 388 g/mol. The molecule has 0 saturated carbocycles. The van der Waals surface area contributed by atoms with E-state index in [2.05, 4.69) is 30.4 Å². The molecule has 1 aliphatic rings. The molecule has 3 unspecified atom stereocenters. The van der Waals surface area contributed by atoms with E-state index < -0.39 is 17.7 Å². The third-order valence-corrected chi connectivity index (χ3v) is 4.93. The molecule has 1 aromatic carbocycles. The highest BCUT2D eigenvalue weighted by atomic mass is 19.1. The number of ether oxygens (including phenoxy) is 1. The molecular weight excluding hydrogens is 366 g/mol. The molecular formula is C19H22F2N6O. The Balaban J connectivity index is 1.66.